The molecule has 382 valence electrons. The molecule has 0 aliphatic rings. The number of aliphatic carboxylic acids is 2. The lowest BCUT2D eigenvalue weighted by Gasteiger charge is -2.05. The van der Waals surface area contributed by atoms with E-state index in [2.05, 4.69) is 0 Å². The molecule has 0 aliphatic heterocycles. The molecule has 4 heteroatoms. The number of carbonyl (C=O) groups is 2. The van der Waals surface area contributed by atoms with E-state index in [-0.39, 0.29) is 0 Å². The van der Waals surface area contributed by atoms with Gasteiger partial charge in [-0.05, 0) is 12.8 Å². The van der Waals surface area contributed by atoms with Gasteiger partial charge < -0.3 is 10.2 Å². The minimum atomic E-state index is -0.648. The summed E-state index contributed by atoms with van der Waals surface area (Å²) in [6.45, 7) is 0. The molecule has 0 amide bonds. The molecular weight excluding hydrogens is 785 g/mol. The van der Waals surface area contributed by atoms with Crippen LogP contribution in [0.4, 0.5) is 0 Å². The maximum Gasteiger partial charge on any atom is 0.303 e. The zero-order valence-electron chi connectivity index (χ0n) is 43.7. The largest absolute Gasteiger partial charge is 0.481 e. The van der Waals surface area contributed by atoms with Gasteiger partial charge in [-0.25, -0.2) is 0 Å². The van der Waals surface area contributed by atoms with Crippen molar-refractivity contribution in [3.63, 3.8) is 0 Å². The van der Waals surface area contributed by atoms with Gasteiger partial charge in [0.25, 0.3) is 0 Å². The Balaban J connectivity index is 3.07. The van der Waals surface area contributed by atoms with Crippen molar-refractivity contribution >= 4 is 11.9 Å². The molecule has 0 fully saturated rings. The first-order chi connectivity index (χ1) is 31.6. The van der Waals surface area contributed by atoms with Crippen LogP contribution in [0.5, 0.6) is 0 Å². The van der Waals surface area contributed by atoms with Gasteiger partial charge in [0.1, 0.15) is 0 Å². The fraction of sp³-hybridized carbons (Fsp3) is 0.967. The van der Waals surface area contributed by atoms with E-state index in [0.717, 1.165) is 25.7 Å². The third-order valence-electron chi connectivity index (χ3n) is 14.5. The number of carboxylic acid groups (broad SMARTS) is 2. The van der Waals surface area contributed by atoms with Crippen molar-refractivity contribution < 1.29 is 19.8 Å². The molecule has 0 aromatic rings. The zero-order chi connectivity index (χ0) is 46.2. The van der Waals surface area contributed by atoms with Crippen molar-refractivity contribution in [2.24, 2.45) is 0 Å². The van der Waals surface area contributed by atoms with E-state index in [1.807, 2.05) is 0 Å². The van der Waals surface area contributed by atoms with Crippen molar-refractivity contribution in [1.82, 2.24) is 0 Å². The standard InChI is InChI=1S/C60H118O4/c61-59(62)57-55-53-51-49-47-45-43-41-39-37-35-33-31-29-27-25-23-21-19-17-15-13-11-9-7-5-3-1-2-4-6-8-10-12-14-16-18-20-22-24-26-28-30-32-34-36-38-40-42-44-46-48-50-52-54-56-58-60(63)64/h1-58H2,(H,61,62)(H,63,64). The summed E-state index contributed by atoms with van der Waals surface area (Å²) in [5, 5.41) is 17.4. The quantitative estimate of drug-likeness (QED) is 0.0596. The summed E-state index contributed by atoms with van der Waals surface area (Å²) in [7, 11) is 0. The van der Waals surface area contributed by atoms with Crippen LogP contribution in [-0.4, -0.2) is 22.2 Å². The van der Waals surface area contributed by atoms with Crippen LogP contribution in [-0.2, 0) is 9.59 Å². The predicted octanol–water partition coefficient (Wildman–Crippen LogP) is 21.8. The van der Waals surface area contributed by atoms with E-state index >= 15 is 0 Å². The van der Waals surface area contributed by atoms with Crippen LogP contribution in [0.1, 0.15) is 372 Å². The van der Waals surface area contributed by atoms with Gasteiger partial charge in [0.2, 0.25) is 0 Å². The Kier molecular flexibility index (Phi) is 57.1. The van der Waals surface area contributed by atoms with Crippen LogP contribution in [0.25, 0.3) is 0 Å². The van der Waals surface area contributed by atoms with Crippen LogP contribution in [0.3, 0.4) is 0 Å². The van der Waals surface area contributed by atoms with Gasteiger partial charge in [-0.2, -0.15) is 0 Å². The van der Waals surface area contributed by atoms with Gasteiger partial charge in [-0.3, -0.25) is 9.59 Å². The Bertz CT molecular complexity index is 802. The van der Waals surface area contributed by atoms with Crippen molar-refractivity contribution in [1.29, 1.82) is 0 Å². The first kappa shape index (κ1) is 62.9. The first-order valence-corrected chi connectivity index (χ1v) is 30.1. The SMILES string of the molecule is O=C(O)CCCCCCCCCCCCCCCCCCCCCCCCCCCCCCCCCCCCCCCCCCCCCCCCCCCCCCCCCCC(=O)O. The van der Waals surface area contributed by atoms with Crippen molar-refractivity contribution in [2.75, 3.05) is 0 Å². The summed E-state index contributed by atoms with van der Waals surface area (Å²) in [5.74, 6) is -1.30. The number of hydrogen-bond acceptors (Lipinski definition) is 2. The van der Waals surface area contributed by atoms with E-state index in [4.69, 9.17) is 10.2 Å². The van der Waals surface area contributed by atoms with Crippen LogP contribution >= 0.6 is 0 Å². The Morgan fingerprint density at radius 3 is 0.266 bits per heavy atom. The number of hydrogen-bond donors (Lipinski definition) is 2. The molecule has 0 spiro atoms. The maximum absolute atomic E-state index is 10.5. The Morgan fingerprint density at radius 1 is 0.141 bits per heavy atom. The molecule has 0 unspecified atom stereocenters. The first-order valence-electron chi connectivity index (χ1n) is 30.1. The second-order valence-corrected chi connectivity index (χ2v) is 21.1. The molecule has 0 saturated heterocycles. The summed E-state index contributed by atoms with van der Waals surface area (Å²) in [6.07, 6.45) is 79.2. The third kappa shape index (κ3) is 60.9. The molecule has 64 heavy (non-hydrogen) atoms. The second-order valence-electron chi connectivity index (χ2n) is 21.1. The molecule has 0 bridgehead atoms. The highest BCUT2D eigenvalue weighted by Gasteiger charge is 2.01. The van der Waals surface area contributed by atoms with Gasteiger partial charge in [0, 0.05) is 12.8 Å². The minimum Gasteiger partial charge on any atom is -0.481 e. The smallest absolute Gasteiger partial charge is 0.303 e. The lowest BCUT2D eigenvalue weighted by Crippen LogP contribution is -1.93. The normalized spacial score (nSPS) is 11.6. The molecule has 0 aromatic heterocycles. The molecule has 0 saturated carbocycles. The molecule has 0 radical (unpaired) electrons. The molecule has 0 aliphatic carbocycles. The predicted molar refractivity (Wildman–Crippen MR) is 283 cm³/mol. The van der Waals surface area contributed by atoms with Crippen molar-refractivity contribution in [2.45, 2.75) is 372 Å². The van der Waals surface area contributed by atoms with E-state index in [1.54, 1.807) is 0 Å². The second kappa shape index (κ2) is 58.1. The van der Waals surface area contributed by atoms with Gasteiger partial charge in [-0.1, -0.05) is 347 Å². The number of unbranched alkanes of at least 4 members (excludes halogenated alkanes) is 55. The van der Waals surface area contributed by atoms with Gasteiger partial charge in [0.15, 0.2) is 0 Å². The molecule has 0 heterocycles. The summed E-state index contributed by atoms with van der Waals surface area (Å²) >= 11 is 0. The molecule has 0 rings (SSSR count). The average molecular weight is 904 g/mol. The Labute approximate surface area is 402 Å². The van der Waals surface area contributed by atoms with Crippen molar-refractivity contribution in [3.05, 3.63) is 0 Å². The minimum absolute atomic E-state index is 0.344. The number of rotatable bonds is 59. The van der Waals surface area contributed by atoms with E-state index in [9.17, 15) is 9.59 Å². The van der Waals surface area contributed by atoms with E-state index in [0.29, 0.717) is 12.8 Å². The monoisotopic (exact) mass is 903 g/mol. The highest BCUT2D eigenvalue weighted by Crippen LogP contribution is 2.19. The zero-order valence-corrected chi connectivity index (χ0v) is 43.7. The molecule has 0 aromatic carbocycles. The molecule has 0 atom stereocenters. The Hall–Kier alpha value is -1.06. The number of carboxylic acids is 2. The van der Waals surface area contributed by atoms with Crippen molar-refractivity contribution in [3.8, 4) is 0 Å². The average Bonchev–Trinajstić information content (AvgIpc) is 3.28. The lowest BCUT2D eigenvalue weighted by atomic mass is 10.0. The van der Waals surface area contributed by atoms with Crippen LogP contribution in [0.2, 0.25) is 0 Å². The summed E-state index contributed by atoms with van der Waals surface area (Å²) in [5.41, 5.74) is 0. The third-order valence-corrected chi connectivity index (χ3v) is 14.5. The summed E-state index contributed by atoms with van der Waals surface area (Å²) in [4.78, 5) is 21.1. The lowest BCUT2D eigenvalue weighted by molar-refractivity contribution is -0.138. The summed E-state index contributed by atoms with van der Waals surface area (Å²) in [6, 6.07) is 0. The van der Waals surface area contributed by atoms with Gasteiger partial charge >= 0.3 is 11.9 Å². The van der Waals surface area contributed by atoms with Crippen LogP contribution < -0.4 is 0 Å². The molecule has 2 N–H and O–H groups in total. The van der Waals surface area contributed by atoms with Gasteiger partial charge in [-0.15, -0.1) is 0 Å². The highest BCUT2D eigenvalue weighted by atomic mass is 16.4. The highest BCUT2D eigenvalue weighted by molar-refractivity contribution is 5.66. The fourth-order valence-corrected chi connectivity index (χ4v) is 10.1. The van der Waals surface area contributed by atoms with Gasteiger partial charge in [0.05, 0.1) is 0 Å². The van der Waals surface area contributed by atoms with E-state index in [1.165, 1.54) is 334 Å². The van der Waals surface area contributed by atoms with Crippen LogP contribution in [0, 0.1) is 0 Å². The Morgan fingerprint density at radius 2 is 0.203 bits per heavy atom. The molecule has 4 nitrogen and oxygen atoms in total. The maximum atomic E-state index is 10.5. The molecular formula is C60H118O4. The van der Waals surface area contributed by atoms with Crippen LogP contribution in [0.15, 0.2) is 0 Å². The summed E-state index contributed by atoms with van der Waals surface area (Å²) < 4.78 is 0. The topological polar surface area (TPSA) is 74.6 Å². The van der Waals surface area contributed by atoms with E-state index < -0.39 is 11.9 Å². The fourth-order valence-electron chi connectivity index (χ4n) is 10.1.